The van der Waals surface area contributed by atoms with Crippen LogP contribution in [0.5, 0.6) is 0 Å². The summed E-state index contributed by atoms with van der Waals surface area (Å²) >= 11 is 7.97. The van der Waals surface area contributed by atoms with E-state index < -0.39 is 5.97 Å². The molecule has 1 aliphatic rings. The third-order valence-corrected chi connectivity index (χ3v) is 6.21. The molecule has 0 aliphatic carbocycles. The molecule has 0 unspecified atom stereocenters. The van der Waals surface area contributed by atoms with E-state index in [4.69, 9.17) is 21.7 Å². The Bertz CT molecular complexity index is 1210. The average molecular weight is 454 g/mol. The fraction of sp³-hybridized carbons (Fsp3) is 0.182. The van der Waals surface area contributed by atoms with Crippen LogP contribution in [0, 0.1) is 6.92 Å². The Morgan fingerprint density at radius 3 is 2.65 bits per heavy atom. The number of carbonyl (C=O) groups is 1. The Morgan fingerprint density at radius 1 is 1.19 bits per heavy atom. The summed E-state index contributed by atoms with van der Waals surface area (Å²) < 4.78 is 2.00. The van der Waals surface area contributed by atoms with Gasteiger partial charge in [-0.05, 0) is 37.6 Å². The molecule has 0 fully saturated rings. The van der Waals surface area contributed by atoms with Gasteiger partial charge in [-0.3, -0.25) is 14.4 Å². The smallest absolute Gasteiger partial charge is 0.303 e. The van der Waals surface area contributed by atoms with Crippen molar-refractivity contribution in [3.63, 3.8) is 0 Å². The van der Waals surface area contributed by atoms with Gasteiger partial charge in [-0.1, -0.05) is 29.8 Å². The standard InChI is InChI=1S/C18H15ClN4O2S.C4H5N/c1-10-21-22-15-9-20-17(12-4-2-3-5-14(12)19)13-8-11(6-7-16(24)25)26-18(13)23(10)15;1-2-4-5-3-1/h2-5,8H,6-7,9H2,1H3,(H,24,25);1-5H. The molecule has 158 valence electrons. The van der Waals surface area contributed by atoms with Gasteiger partial charge in [0.05, 0.1) is 12.1 Å². The SMILES string of the molecule is Cc1nnc2n1-c1sc(CCC(=O)O)cc1C(c1ccccc1Cl)=NC2.c1cc[nH]c1. The van der Waals surface area contributed by atoms with Gasteiger partial charge in [-0.25, -0.2) is 0 Å². The summed E-state index contributed by atoms with van der Waals surface area (Å²) in [6.07, 6.45) is 4.31. The van der Waals surface area contributed by atoms with Crippen molar-refractivity contribution in [3.05, 3.63) is 87.5 Å². The highest BCUT2D eigenvalue weighted by Crippen LogP contribution is 2.34. The quantitative estimate of drug-likeness (QED) is 0.469. The Morgan fingerprint density at radius 2 is 1.97 bits per heavy atom. The molecular formula is C22H20ClN5O2S. The minimum absolute atomic E-state index is 0.0893. The summed E-state index contributed by atoms with van der Waals surface area (Å²) in [4.78, 5) is 19.6. The minimum atomic E-state index is -0.810. The summed E-state index contributed by atoms with van der Waals surface area (Å²) in [5, 5.41) is 19.0. The number of aromatic nitrogens is 4. The molecule has 0 saturated carbocycles. The Labute approximate surface area is 188 Å². The summed E-state index contributed by atoms with van der Waals surface area (Å²) in [5.41, 5.74) is 2.59. The van der Waals surface area contributed by atoms with Crippen LogP contribution in [0.1, 0.15) is 34.1 Å². The maximum Gasteiger partial charge on any atom is 0.303 e. The number of hydrogen-bond acceptors (Lipinski definition) is 5. The molecule has 0 saturated heterocycles. The number of H-pyrrole nitrogens is 1. The Hall–Kier alpha value is -3.23. The first kappa shape index (κ1) is 21.0. The lowest BCUT2D eigenvalue weighted by atomic mass is 10.0. The van der Waals surface area contributed by atoms with Crippen molar-refractivity contribution in [3.8, 4) is 5.00 Å². The molecule has 1 aliphatic heterocycles. The molecule has 5 rings (SSSR count). The zero-order valence-electron chi connectivity index (χ0n) is 16.7. The predicted molar refractivity (Wildman–Crippen MR) is 122 cm³/mol. The Balaban J connectivity index is 0.000000407. The molecule has 2 N–H and O–H groups in total. The first-order chi connectivity index (χ1) is 15.0. The number of carboxylic acids is 1. The number of halogens is 1. The second-order valence-electron chi connectivity index (χ2n) is 6.85. The molecule has 9 heteroatoms. The van der Waals surface area contributed by atoms with Crippen LogP contribution >= 0.6 is 22.9 Å². The van der Waals surface area contributed by atoms with Crippen molar-refractivity contribution in [2.45, 2.75) is 26.3 Å². The van der Waals surface area contributed by atoms with Crippen molar-refractivity contribution in [2.75, 3.05) is 0 Å². The van der Waals surface area contributed by atoms with E-state index in [0.29, 0.717) is 18.0 Å². The largest absolute Gasteiger partial charge is 0.481 e. The van der Waals surface area contributed by atoms with E-state index in [2.05, 4.69) is 15.2 Å². The molecule has 0 radical (unpaired) electrons. The zero-order valence-corrected chi connectivity index (χ0v) is 18.3. The number of nitrogens with zero attached hydrogens (tertiary/aromatic N) is 4. The van der Waals surface area contributed by atoms with Gasteiger partial charge >= 0.3 is 5.97 Å². The fourth-order valence-electron chi connectivity index (χ4n) is 3.29. The zero-order chi connectivity index (χ0) is 21.8. The van der Waals surface area contributed by atoms with Crippen LogP contribution in [0.15, 0.2) is 59.9 Å². The van der Waals surface area contributed by atoms with Crippen LogP contribution in [0.2, 0.25) is 5.02 Å². The molecule has 0 spiro atoms. The first-order valence-corrected chi connectivity index (χ1v) is 10.9. The lowest BCUT2D eigenvalue weighted by Gasteiger charge is -2.08. The van der Waals surface area contributed by atoms with Gasteiger partial charge in [0, 0.05) is 33.4 Å². The van der Waals surface area contributed by atoms with Gasteiger partial charge in [-0.2, -0.15) is 0 Å². The number of hydrogen-bond donors (Lipinski definition) is 2. The van der Waals surface area contributed by atoms with E-state index in [0.717, 1.165) is 38.4 Å². The van der Waals surface area contributed by atoms with Gasteiger partial charge in [-0.15, -0.1) is 21.5 Å². The molecule has 0 amide bonds. The van der Waals surface area contributed by atoms with E-state index in [1.807, 2.05) is 66.3 Å². The predicted octanol–water partition coefficient (Wildman–Crippen LogP) is 4.67. The van der Waals surface area contributed by atoms with Crippen LogP contribution in [0.3, 0.4) is 0 Å². The molecule has 31 heavy (non-hydrogen) atoms. The molecule has 0 bridgehead atoms. The third-order valence-electron chi connectivity index (χ3n) is 4.70. The van der Waals surface area contributed by atoms with Gasteiger partial charge < -0.3 is 10.1 Å². The molecule has 3 aromatic heterocycles. The number of benzene rings is 1. The molecular weight excluding hydrogens is 434 g/mol. The normalized spacial score (nSPS) is 12.1. The number of carboxylic acid groups (broad SMARTS) is 1. The van der Waals surface area contributed by atoms with Crippen LogP contribution in [-0.4, -0.2) is 36.5 Å². The summed E-state index contributed by atoms with van der Waals surface area (Å²) in [6, 6.07) is 13.5. The van der Waals surface area contributed by atoms with E-state index in [-0.39, 0.29) is 6.42 Å². The number of aliphatic imine (C=N–C) groups is 1. The van der Waals surface area contributed by atoms with Crippen molar-refractivity contribution >= 4 is 34.6 Å². The highest BCUT2D eigenvalue weighted by molar-refractivity contribution is 7.15. The van der Waals surface area contributed by atoms with E-state index in [1.54, 1.807) is 11.3 Å². The number of aryl methyl sites for hydroxylation is 2. The molecule has 4 heterocycles. The fourth-order valence-corrected chi connectivity index (χ4v) is 4.74. The number of nitrogens with one attached hydrogen (secondary N) is 1. The Kier molecular flexibility index (Phi) is 6.29. The van der Waals surface area contributed by atoms with Crippen molar-refractivity contribution < 1.29 is 9.90 Å². The van der Waals surface area contributed by atoms with E-state index >= 15 is 0 Å². The lowest BCUT2D eigenvalue weighted by Crippen LogP contribution is -2.05. The first-order valence-electron chi connectivity index (χ1n) is 9.68. The topological polar surface area (TPSA) is 96.2 Å². The van der Waals surface area contributed by atoms with Crippen molar-refractivity contribution in [1.29, 1.82) is 0 Å². The van der Waals surface area contributed by atoms with E-state index in [1.165, 1.54) is 0 Å². The number of aliphatic carboxylic acids is 1. The summed E-state index contributed by atoms with van der Waals surface area (Å²) in [7, 11) is 0. The van der Waals surface area contributed by atoms with Crippen LogP contribution in [-0.2, 0) is 17.8 Å². The second kappa shape index (κ2) is 9.28. The molecule has 4 aromatic rings. The third kappa shape index (κ3) is 4.60. The number of aromatic amines is 1. The highest BCUT2D eigenvalue weighted by Gasteiger charge is 2.25. The maximum absolute atomic E-state index is 11.0. The summed E-state index contributed by atoms with van der Waals surface area (Å²) in [5.74, 6) is 0.732. The number of fused-ring (bicyclic) bond motifs is 3. The lowest BCUT2D eigenvalue weighted by molar-refractivity contribution is -0.136. The van der Waals surface area contributed by atoms with Crippen LogP contribution in [0.25, 0.3) is 5.00 Å². The van der Waals surface area contributed by atoms with Crippen molar-refractivity contribution in [2.24, 2.45) is 4.99 Å². The number of rotatable bonds is 4. The van der Waals surface area contributed by atoms with Gasteiger partial charge in [0.2, 0.25) is 0 Å². The van der Waals surface area contributed by atoms with Crippen LogP contribution in [0.4, 0.5) is 0 Å². The molecule has 0 atom stereocenters. The monoisotopic (exact) mass is 453 g/mol. The maximum atomic E-state index is 11.0. The minimum Gasteiger partial charge on any atom is -0.481 e. The molecule has 7 nitrogen and oxygen atoms in total. The average Bonchev–Trinajstić information content (AvgIpc) is 3.49. The van der Waals surface area contributed by atoms with Gasteiger partial charge in [0.15, 0.2) is 5.82 Å². The van der Waals surface area contributed by atoms with Gasteiger partial charge in [0.25, 0.3) is 0 Å². The van der Waals surface area contributed by atoms with Crippen LogP contribution < -0.4 is 0 Å². The highest BCUT2D eigenvalue weighted by atomic mass is 35.5. The number of thiophene rings is 1. The second-order valence-corrected chi connectivity index (χ2v) is 8.38. The van der Waals surface area contributed by atoms with Crippen molar-refractivity contribution in [1.82, 2.24) is 19.7 Å². The molecule has 1 aromatic carbocycles. The van der Waals surface area contributed by atoms with Gasteiger partial charge in [0.1, 0.15) is 17.4 Å². The summed E-state index contributed by atoms with van der Waals surface area (Å²) in [6.45, 7) is 2.31. The van der Waals surface area contributed by atoms with E-state index in [9.17, 15) is 4.79 Å².